The molecule has 0 saturated carbocycles. The fourth-order valence-electron chi connectivity index (χ4n) is 1.14. The zero-order valence-corrected chi connectivity index (χ0v) is 9.32. The van der Waals surface area contributed by atoms with Crippen LogP contribution in [0.15, 0.2) is 18.3 Å². The van der Waals surface area contributed by atoms with Crippen LogP contribution in [-0.4, -0.2) is 31.8 Å². The van der Waals surface area contributed by atoms with E-state index in [1.807, 2.05) is 6.07 Å². The van der Waals surface area contributed by atoms with Gasteiger partial charge in [-0.1, -0.05) is 6.92 Å². The number of aromatic nitrogens is 1. The molecule has 1 heterocycles. The maximum absolute atomic E-state index is 5.51. The smallest absolute Gasteiger partial charge is 0.216 e. The van der Waals surface area contributed by atoms with Crippen LogP contribution in [0.4, 0.5) is 0 Å². The van der Waals surface area contributed by atoms with Crippen LogP contribution in [0.25, 0.3) is 0 Å². The molecule has 0 bridgehead atoms. The van der Waals surface area contributed by atoms with E-state index in [1.54, 1.807) is 19.4 Å². The van der Waals surface area contributed by atoms with Gasteiger partial charge in [-0.25, -0.2) is 4.98 Å². The Kier molecular flexibility index (Phi) is 5.55. The normalized spacial score (nSPS) is 10.0. The average molecular weight is 210 g/mol. The SMILES string of the molecule is CCCNCCOc1ccnc(OC)c1. The Morgan fingerprint density at radius 2 is 2.27 bits per heavy atom. The number of hydrogen-bond acceptors (Lipinski definition) is 4. The lowest BCUT2D eigenvalue weighted by atomic mass is 10.4. The Morgan fingerprint density at radius 1 is 1.40 bits per heavy atom. The summed E-state index contributed by atoms with van der Waals surface area (Å²) in [6.45, 7) is 4.69. The van der Waals surface area contributed by atoms with Gasteiger partial charge in [-0.2, -0.15) is 0 Å². The quantitative estimate of drug-likeness (QED) is 0.692. The van der Waals surface area contributed by atoms with Crippen LogP contribution >= 0.6 is 0 Å². The molecule has 0 spiro atoms. The molecule has 0 atom stereocenters. The van der Waals surface area contributed by atoms with Crippen LogP contribution in [-0.2, 0) is 0 Å². The van der Waals surface area contributed by atoms with Crippen molar-refractivity contribution in [3.8, 4) is 11.6 Å². The van der Waals surface area contributed by atoms with Gasteiger partial charge in [-0.3, -0.25) is 0 Å². The van der Waals surface area contributed by atoms with Gasteiger partial charge >= 0.3 is 0 Å². The number of pyridine rings is 1. The van der Waals surface area contributed by atoms with E-state index < -0.39 is 0 Å². The first kappa shape index (κ1) is 11.8. The molecule has 84 valence electrons. The molecule has 1 rings (SSSR count). The van der Waals surface area contributed by atoms with Gasteiger partial charge in [0, 0.05) is 18.8 Å². The molecule has 1 aromatic rings. The standard InChI is InChI=1S/C11H18N2O2/c1-3-5-12-7-8-15-10-4-6-13-11(9-10)14-2/h4,6,9,12H,3,5,7-8H2,1-2H3. The highest BCUT2D eigenvalue weighted by Gasteiger charge is 1.96. The van der Waals surface area contributed by atoms with E-state index in [4.69, 9.17) is 9.47 Å². The van der Waals surface area contributed by atoms with E-state index in [1.165, 1.54) is 0 Å². The number of rotatable bonds is 7. The van der Waals surface area contributed by atoms with E-state index in [9.17, 15) is 0 Å². The fourth-order valence-corrected chi connectivity index (χ4v) is 1.14. The summed E-state index contributed by atoms with van der Waals surface area (Å²) in [6, 6.07) is 3.60. The van der Waals surface area contributed by atoms with Gasteiger partial charge in [-0.05, 0) is 19.0 Å². The second kappa shape index (κ2) is 7.06. The molecular weight excluding hydrogens is 192 g/mol. The average Bonchev–Trinajstić information content (AvgIpc) is 2.29. The van der Waals surface area contributed by atoms with Gasteiger partial charge in [0.05, 0.1) is 7.11 Å². The van der Waals surface area contributed by atoms with Crippen molar-refractivity contribution in [2.75, 3.05) is 26.8 Å². The van der Waals surface area contributed by atoms with E-state index in [0.717, 1.165) is 25.3 Å². The molecule has 0 aliphatic carbocycles. The second-order valence-electron chi connectivity index (χ2n) is 3.13. The first-order chi connectivity index (χ1) is 7.36. The molecule has 1 aromatic heterocycles. The van der Waals surface area contributed by atoms with Crippen LogP contribution in [0.2, 0.25) is 0 Å². The third kappa shape index (κ3) is 4.65. The molecule has 1 N–H and O–H groups in total. The molecule has 0 aliphatic heterocycles. The van der Waals surface area contributed by atoms with Crippen molar-refractivity contribution in [2.24, 2.45) is 0 Å². The van der Waals surface area contributed by atoms with Crippen LogP contribution < -0.4 is 14.8 Å². The van der Waals surface area contributed by atoms with Gasteiger partial charge in [0.15, 0.2) is 0 Å². The Balaban J connectivity index is 2.24. The highest BCUT2D eigenvalue weighted by molar-refractivity contribution is 5.25. The second-order valence-corrected chi connectivity index (χ2v) is 3.13. The summed E-state index contributed by atoms with van der Waals surface area (Å²) in [5.41, 5.74) is 0. The maximum Gasteiger partial charge on any atom is 0.216 e. The number of ether oxygens (including phenoxy) is 2. The molecule has 0 amide bonds. The summed E-state index contributed by atoms with van der Waals surface area (Å²) in [5, 5.41) is 3.26. The minimum Gasteiger partial charge on any atom is -0.492 e. The molecule has 4 heteroatoms. The highest BCUT2D eigenvalue weighted by atomic mass is 16.5. The lowest BCUT2D eigenvalue weighted by Crippen LogP contribution is -2.21. The largest absolute Gasteiger partial charge is 0.492 e. The monoisotopic (exact) mass is 210 g/mol. The summed E-state index contributed by atoms with van der Waals surface area (Å²) < 4.78 is 10.5. The van der Waals surface area contributed by atoms with Gasteiger partial charge < -0.3 is 14.8 Å². The molecule has 4 nitrogen and oxygen atoms in total. The first-order valence-corrected chi connectivity index (χ1v) is 5.20. The maximum atomic E-state index is 5.51. The Bertz CT molecular complexity index is 279. The number of nitrogens with one attached hydrogen (secondary N) is 1. The number of nitrogens with zero attached hydrogens (tertiary/aromatic N) is 1. The van der Waals surface area contributed by atoms with Crippen molar-refractivity contribution in [1.29, 1.82) is 0 Å². The molecule has 0 aliphatic rings. The molecule has 0 saturated heterocycles. The third-order valence-corrected chi connectivity index (χ3v) is 1.89. The molecule has 0 unspecified atom stereocenters. The van der Waals surface area contributed by atoms with E-state index >= 15 is 0 Å². The van der Waals surface area contributed by atoms with Crippen LogP contribution in [0, 0.1) is 0 Å². The van der Waals surface area contributed by atoms with Crippen molar-refractivity contribution in [3.63, 3.8) is 0 Å². The zero-order chi connectivity index (χ0) is 10.9. The fraction of sp³-hybridized carbons (Fsp3) is 0.545. The lowest BCUT2D eigenvalue weighted by molar-refractivity contribution is 0.310. The van der Waals surface area contributed by atoms with Gasteiger partial charge in [0.25, 0.3) is 0 Å². The number of hydrogen-bond donors (Lipinski definition) is 1. The van der Waals surface area contributed by atoms with Gasteiger partial charge in [0.1, 0.15) is 12.4 Å². The number of methoxy groups -OCH3 is 1. The van der Waals surface area contributed by atoms with Gasteiger partial charge in [-0.15, -0.1) is 0 Å². The predicted octanol–water partition coefficient (Wildman–Crippen LogP) is 1.47. The van der Waals surface area contributed by atoms with Crippen LogP contribution in [0.3, 0.4) is 0 Å². The van der Waals surface area contributed by atoms with E-state index in [-0.39, 0.29) is 0 Å². The summed E-state index contributed by atoms with van der Waals surface area (Å²) >= 11 is 0. The molecule has 15 heavy (non-hydrogen) atoms. The van der Waals surface area contributed by atoms with Crippen molar-refractivity contribution in [1.82, 2.24) is 10.3 Å². The summed E-state index contributed by atoms with van der Waals surface area (Å²) in [5.74, 6) is 1.37. The molecule has 0 radical (unpaired) electrons. The summed E-state index contributed by atoms with van der Waals surface area (Å²) in [6.07, 6.45) is 2.82. The van der Waals surface area contributed by atoms with E-state index in [2.05, 4.69) is 17.2 Å². The predicted molar refractivity (Wildman–Crippen MR) is 59.4 cm³/mol. The molecule has 0 aromatic carbocycles. The summed E-state index contributed by atoms with van der Waals surface area (Å²) in [7, 11) is 1.59. The van der Waals surface area contributed by atoms with Gasteiger partial charge in [0.2, 0.25) is 5.88 Å². The highest BCUT2D eigenvalue weighted by Crippen LogP contribution is 2.15. The zero-order valence-electron chi connectivity index (χ0n) is 9.32. The van der Waals surface area contributed by atoms with Crippen molar-refractivity contribution >= 4 is 0 Å². The van der Waals surface area contributed by atoms with Crippen molar-refractivity contribution < 1.29 is 9.47 Å². The molecule has 0 fully saturated rings. The molecular formula is C11H18N2O2. The topological polar surface area (TPSA) is 43.4 Å². The van der Waals surface area contributed by atoms with Crippen molar-refractivity contribution in [2.45, 2.75) is 13.3 Å². The minimum absolute atomic E-state index is 0.578. The lowest BCUT2D eigenvalue weighted by Gasteiger charge is -2.07. The Morgan fingerprint density at radius 3 is 3.00 bits per heavy atom. The van der Waals surface area contributed by atoms with Crippen molar-refractivity contribution in [3.05, 3.63) is 18.3 Å². The Hall–Kier alpha value is -1.29. The third-order valence-electron chi connectivity index (χ3n) is 1.89. The Labute approximate surface area is 90.6 Å². The van der Waals surface area contributed by atoms with E-state index in [0.29, 0.717) is 12.5 Å². The van der Waals surface area contributed by atoms with Crippen LogP contribution in [0.5, 0.6) is 11.6 Å². The van der Waals surface area contributed by atoms with Crippen LogP contribution in [0.1, 0.15) is 13.3 Å². The summed E-state index contributed by atoms with van der Waals surface area (Å²) in [4.78, 5) is 4.00. The first-order valence-electron chi connectivity index (χ1n) is 5.20. The minimum atomic E-state index is 0.578.